The maximum Gasteiger partial charge on any atom is 1.00 e. The molecule has 3 atom stereocenters. The summed E-state index contributed by atoms with van der Waals surface area (Å²) in [6.45, 7) is 4.37. The van der Waals surface area contributed by atoms with Crippen LogP contribution in [0.2, 0.25) is 0 Å². The van der Waals surface area contributed by atoms with Crippen LogP contribution >= 0.6 is 0 Å². The summed E-state index contributed by atoms with van der Waals surface area (Å²) in [5.74, 6) is 1.08. The summed E-state index contributed by atoms with van der Waals surface area (Å²) in [7, 11) is -4.20. The van der Waals surface area contributed by atoms with Gasteiger partial charge < -0.3 is 9.66 Å². The Balaban J connectivity index is 0.00000512. The Morgan fingerprint density at radius 3 is 2.19 bits per heavy atom. The number of aliphatic carboxylic acids is 1. The van der Waals surface area contributed by atoms with Gasteiger partial charge in [-0.1, -0.05) is 64.5 Å². The first-order chi connectivity index (χ1) is 14.7. The van der Waals surface area contributed by atoms with Crippen LogP contribution in [0.1, 0.15) is 104 Å². The molecule has 2 fully saturated rings. The number of rotatable bonds is 12. The van der Waals surface area contributed by atoms with Crippen molar-refractivity contribution in [2.24, 2.45) is 29.6 Å². The smallest absolute Gasteiger partial charge is 0.748 e. The Bertz CT molecular complexity index is 664. The van der Waals surface area contributed by atoms with Crippen LogP contribution in [0.5, 0.6) is 0 Å². The second-order valence-corrected chi connectivity index (χ2v) is 11.8. The third kappa shape index (κ3) is 10.2. The van der Waals surface area contributed by atoms with Gasteiger partial charge in [-0.15, -0.1) is 0 Å². The molecule has 0 aliphatic heterocycles. The summed E-state index contributed by atoms with van der Waals surface area (Å²) in [4.78, 5) is 11.8. The van der Waals surface area contributed by atoms with Gasteiger partial charge in [-0.05, 0) is 75.0 Å². The first-order valence-corrected chi connectivity index (χ1v) is 14.0. The van der Waals surface area contributed by atoms with Crippen molar-refractivity contribution in [1.29, 1.82) is 0 Å². The average Bonchev–Trinajstić information content (AvgIpc) is 2.75. The SMILES string of the molecule is CCC(C/C=C/CCC(CC(C)C1CCC(S(=O)(=O)[O-])CC1)C(=O)O)C1CCCCC1.[Na+]. The maximum absolute atomic E-state index is 11.8. The largest absolute Gasteiger partial charge is 1.00 e. The molecule has 7 heteroatoms. The monoisotopic (exact) mass is 478 g/mol. The predicted octanol–water partition coefficient (Wildman–Crippen LogP) is 3.15. The van der Waals surface area contributed by atoms with Crippen molar-refractivity contribution in [3.63, 3.8) is 0 Å². The number of hydrogen-bond acceptors (Lipinski definition) is 4. The van der Waals surface area contributed by atoms with E-state index in [0.29, 0.717) is 44.4 Å². The number of carboxylic acids is 1. The van der Waals surface area contributed by atoms with Crippen molar-refractivity contribution in [1.82, 2.24) is 0 Å². The molecule has 32 heavy (non-hydrogen) atoms. The number of allylic oxidation sites excluding steroid dienone is 2. The molecular formula is C25H43NaO5S. The molecule has 0 heterocycles. The number of hydrogen-bond donors (Lipinski definition) is 1. The van der Waals surface area contributed by atoms with Crippen molar-refractivity contribution in [2.75, 3.05) is 0 Å². The summed E-state index contributed by atoms with van der Waals surface area (Å²) in [6.07, 6.45) is 18.0. The van der Waals surface area contributed by atoms with Gasteiger partial charge in [0, 0.05) is 5.25 Å². The molecule has 0 aromatic heterocycles. The molecule has 2 aliphatic rings. The van der Waals surface area contributed by atoms with E-state index in [4.69, 9.17) is 0 Å². The van der Waals surface area contributed by atoms with Crippen LogP contribution in [0.25, 0.3) is 0 Å². The van der Waals surface area contributed by atoms with Crippen LogP contribution in [0.15, 0.2) is 12.2 Å². The van der Waals surface area contributed by atoms with Gasteiger partial charge in [0.25, 0.3) is 0 Å². The van der Waals surface area contributed by atoms with E-state index in [1.165, 1.54) is 38.5 Å². The maximum atomic E-state index is 11.8. The van der Waals surface area contributed by atoms with E-state index in [1.54, 1.807) is 0 Å². The summed E-state index contributed by atoms with van der Waals surface area (Å²) in [5, 5.41) is 8.92. The summed E-state index contributed by atoms with van der Waals surface area (Å²) in [6, 6.07) is 0. The van der Waals surface area contributed by atoms with E-state index in [-0.39, 0.29) is 41.4 Å². The zero-order chi connectivity index (χ0) is 22.9. The van der Waals surface area contributed by atoms with E-state index >= 15 is 0 Å². The van der Waals surface area contributed by atoms with Gasteiger partial charge in [-0.25, -0.2) is 8.42 Å². The van der Waals surface area contributed by atoms with Crippen molar-refractivity contribution >= 4 is 16.1 Å². The van der Waals surface area contributed by atoms with Crippen LogP contribution in [0.4, 0.5) is 0 Å². The molecule has 0 amide bonds. The van der Waals surface area contributed by atoms with Crippen LogP contribution in [-0.4, -0.2) is 29.3 Å². The molecule has 2 rings (SSSR count). The molecule has 1 N–H and O–H groups in total. The van der Waals surface area contributed by atoms with Gasteiger partial charge in [0.05, 0.1) is 16.0 Å². The quantitative estimate of drug-likeness (QED) is 0.264. The predicted molar refractivity (Wildman–Crippen MR) is 124 cm³/mol. The second-order valence-electron chi connectivity index (χ2n) is 10.1. The molecule has 0 aromatic carbocycles. The van der Waals surface area contributed by atoms with E-state index in [1.807, 2.05) is 0 Å². The minimum absolute atomic E-state index is 0. The van der Waals surface area contributed by atoms with Crippen LogP contribution < -0.4 is 29.6 Å². The number of carbonyl (C=O) groups is 1. The zero-order valence-electron chi connectivity index (χ0n) is 20.5. The minimum Gasteiger partial charge on any atom is -0.748 e. The van der Waals surface area contributed by atoms with Crippen LogP contribution in [0, 0.1) is 29.6 Å². The average molecular weight is 479 g/mol. The van der Waals surface area contributed by atoms with Crippen molar-refractivity contribution in [3.8, 4) is 0 Å². The standard InChI is InChI=1S/C25H44O5S.Na/c1-3-20(22-11-7-5-8-12-22)10-6-4-9-13-23(25(26)27)18-19(2)21-14-16-24(17-15-21)31(28,29)30;/h4,6,19-24H,3,5,7-18H2,1-2H3,(H,26,27)(H,28,29,30);/q;+1/p-1/b6-4+;. The molecule has 5 nitrogen and oxygen atoms in total. The van der Waals surface area contributed by atoms with Gasteiger partial charge in [0.1, 0.15) is 0 Å². The normalized spacial score (nSPS) is 25.7. The van der Waals surface area contributed by atoms with Gasteiger partial charge in [-0.3, -0.25) is 4.79 Å². The molecule has 0 bridgehead atoms. The fraction of sp³-hybridized carbons (Fsp3) is 0.880. The van der Waals surface area contributed by atoms with Crippen LogP contribution in [0.3, 0.4) is 0 Å². The molecule has 0 spiro atoms. The Morgan fingerprint density at radius 2 is 1.66 bits per heavy atom. The van der Waals surface area contributed by atoms with Gasteiger partial charge in [0.15, 0.2) is 0 Å². The molecule has 0 aromatic rings. The topological polar surface area (TPSA) is 94.5 Å². The third-order valence-electron chi connectivity index (χ3n) is 8.07. The van der Waals surface area contributed by atoms with E-state index in [9.17, 15) is 22.9 Å². The van der Waals surface area contributed by atoms with Gasteiger partial charge in [0.2, 0.25) is 0 Å². The van der Waals surface area contributed by atoms with Gasteiger partial charge in [-0.2, -0.15) is 0 Å². The molecule has 3 unspecified atom stereocenters. The molecule has 180 valence electrons. The van der Waals surface area contributed by atoms with E-state index < -0.39 is 21.3 Å². The Morgan fingerprint density at radius 1 is 1.03 bits per heavy atom. The number of carboxylic acid groups (broad SMARTS) is 1. The van der Waals surface area contributed by atoms with Gasteiger partial charge >= 0.3 is 35.5 Å². The minimum atomic E-state index is -4.20. The molecule has 2 aliphatic carbocycles. The first kappa shape index (κ1) is 30.2. The first-order valence-electron chi connectivity index (χ1n) is 12.5. The molecular weight excluding hydrogens is 435 g/mol. The summed E-state index contributed by atoms with van der Waals surface area (Å²) < 4.78 is 33.6. The van der Waals surface area contributed by atoms with E-state index in [0.717, 1.165) is 24.7 Å². The van der Waals surface area contributed by atoms with Crippen molar-refractivity contribution in [2.45, 2.75) is 109 Å². The Hall–Kier alpha value is 0.120. The van der Waals surface area contributed by atoms with Crippen molar-refractivity contribution < 1.29 is 52.4 Å². The summed E-state index contributed by atoms with van der Waals surface area (Å²) >= 11 is 0. The zero-order valence-corrected chi connectivity index (χ0v) is 23.3. The Kier molecular flexibility index (Phi) is 14.3. The Labute approximate surface area is 218 Å². The van der Waals surface area contributed by atoms with E-state index in [2.05, 4.69) is 26.0 Å². The fourth-order valence-electron chi connectivity index (χ4n) is 5.91. The van der Waals surface area contributed by atoms with Crippen LogP contribution in [-0.2, 0) is 14.9 Å². The molecule has 0 radical (unpaired) electrons. The fourth-order valence-corrected chi connectivity index (χ4v) is 6.76. The third-order valence-corrected chi connectivity index (χ3v) is 9.35. The van der Waals surface area contributed by atoms with Crippen molar-refractivity contribution in [3.05, 3.63) is 12.2 Å². The second kappa shape index (κ2) is 15.2. The molecule has 2 saturated carbocycles. The summed E-state index contributed by atoms with van der Waals surface area (Å²) in [5.41, 5.74) is 0. The molecule has 0 saturated heterocycles.